The van der Waals surface area contributed by atoms with E-state index in [1.165, 1.54) is 7.11 Å². The number of rotatable bonds is 4. The summed E-state index contributed by atoms with van der Waals surface area (Å²) >= 11 is 0. The Morgan fingerprint density at radius 1 is 1.15 bits per heavy atom. The number of allylic oxidation sites excluding steroid dienone is 2. The highest BCUT2D eigenvalue weighted by Gasteiger charge is 2.17. The second-order valence-electron chi connectivity index (χ2n) is 5.52. The molecular weight excluding hydrogens is 260 g/mol. The van der Waals surface area contributed by atoms with Gasteiger partial charge >= 0.3 is 12.1 Å². The minimum atomic E-state index is -0.741. The molecule has 0 aliphatic rings. The summed E-state index contributed by atoms with van der Waals surface area (Å²) in [6, 6.07) is 0. The van der Waals surface area contributed by atoms with E-state index in [-0.39, 0.29) is 5.97 Å². The maximum absolute atomic E-state index is 11.8. The van der Waals surface area contributed by atoms with Crippen molar-refractivity contribution < 1.29 is 23.8 Å². The Labute approximate surface area is 120 Å². The van der Waals surface area contributed by atoms with Gasteiger partial charge in [-0.3, -0.25) is 0 Å². The molecule has 0 radical (unpaired) electrons. The number of hydrogen-bond acceptors (Lipinski definition) is 5. The third kappa shape index (κ3) is 8.34. The zero-order valence-corrected chi connectivity index (χ0v) is 13.3. The van der Waals surface area contributed by atoms with E-state index < -0.39 is 17.9 Å². The molecule has 0 spiro atoms. The van der Waals surface area contributed by atoms with Crippen LogP contribution in [0.15, 0.2) is 23.3 Å². The Morgan fingerprint density at radius 3 is 2.15 bits per heavy atom. The molecule has 1 atom stereocenters. The molecule has 0 fully saturated rings. The monoisotopic (exact) mass is 284 g/mol. The van der Waals surface area contributed by atoms with Gasteiger partial charge in [-0.25, -0.2) is 9.59 Å². The molecule has 0 bridgehead atoms. The van der Waals surface area contributed by atoms with Crippen molar-refractivity contribution in [3.8, 4) is 0 Å². The van der Waals surface area contributed by atoms with Crippen LogP contribution in [0.2, 0.25) is 0 Å². The standard InChI is InChI=1S/C15H24O5/c1-10(9-12(3)19-14(17)18-7)8-11(2)13(16)20-15(4,5)6/h8-9,12H,1-7H3/b10-9+,11-8+. The van der Waals surface area contributed by atoms with Crippen LogP contribution in [-0.4, -0.2) is 30.9 Å². The van der Waals surface area contributed by atoms with Crippen LogP contribution < -0.4 is 0 Å². The summed E-state index contributed by atoms with van der Waals surface area (Å²) in [6.07, 6.45) is 2.22. The van der Waals surface area contributed by atoms with Gasteiger partial charge in [0.25, 0.3) is 0 Å². The first-order valence-corrected chi connectivity index (χ1v) is 6.40. The Balaban J connectivity index is 4.69. The van der Waals surface area contributed by atoms with Gasteiger partial charge in [0.1, 0.15) is 11.7 Å². The predicted molar refractivity (Wildman–Crippen MR) is 76.3 cm³/mol. The summed E-state index contributed by atoms with van der Waals surface area (Å²) in [5, 5.41) is 0. The van der Waals surface area contributed by atoms with E-state index in [0.717, 1.165) is 5.57 Å². The number of methoxy groups -OCH3 is 1. The molecule has 5 nitrogen and oxygen atoms in total. The lowest BCUT2D eigenvalue weighted by atomic mass is 10.1. The highest BCUT2D eigenvalue weighted by Crippen LogP contribution is 2.12. The third-order valence-electron chi connectivity index (χ3n) is 2.11. The van der Waals surface area contributed by atoms with Crippen molar-refractivity contribution in [3.05, 3.63) is 23.3 Å². The Morgan fingerprint density at radius 2 is 1.70 bits per heavy atom. The van der Waals surface area contributed by atoms with Gasteiger partial charge in [-0.1, -0.05) is 5.57 Å². The first kappa shape index (κ1) is 18.2. The Kier molecular flexibility index (Phi) is 7.04. The molecule has 0 saturated heterocycles. The van der Waals surface area contributed by atoms with E-state index in [1.54, 1.807) is 26.0 Å². The summed E-state index contributed by atoms with van der Waals surface area (Å²) in [5.74, 6) is -0.369. The molecule has 5 heteroatoms. The Bertz CT molecular complexity index is 412. The predicted octanol–water partition coefficient (Wildman–Crippen LogP) is 3.39. The van der Waals surface area contributed by atoms with E-state index in [2.05, 4.69) is 4.74 Å². The molecule has 1 unspecified atom stereocenters. The first-order chi connectivity index (χ1) is 9.05. The molecule has 0 N–H and O–H groups in total. The van der Waals surface area contributed by atoms with Gasteiger partial charge in [0.2, 0.25) is 0 Å². The third-order valence-corrected chi connectivity index (χ3v) is 2.11. The Hall–Kier alpha value is -1.78. The quantitative estimate of drug-likeness (QED) is 0.450. The number of esters is 1. The van der Waals surface area contributed by atoms with E-state index >= 15 is 0 Å². The van der Waals surface area contributed by atoms with E-state index in [0.29, 0.717) is 5.57 Å². The molecule has 0 aliphatic carbocycles. The van der Waals surface area contributed by atoms with Crippen LogP contribution in [0.1, 0.15) is 41.5 Å². The summed E-state index contributed by atoms with van der Waals surface area (Å²) in [7, 11) is 1.25. The zero-order valence-electron chi connectivity index (χ0n) is 13.3. The highest BCUT2D eigenvalue weighted by atomic mass is 16.7. The van der Waals surface area contributed by atoms with Gasteiger partial charge in [-0.2, -0.15) is 0 Å². The summed E-state index contributed by atoms with van der Waals surface area (Å²) in [4.78, 5) is 22.7. The summed E-state index contributed by atoms with van der Waals surface area (Å²) in [6.45, 7) is 10.6. The second kappa shape index (κ2) is 7.72. The lowest BCUT2D eigenvalue weighted by molar-refractivity contribution is -0.149. The molecule has 20 heavy (non-hydrogen) atoms. The fourth-order valence-electron chi connectivity index (χ4n) is 1.41. The van der Waals surface area contributed by atoms with Crippen LogP contribution in [0.4, 0.5) is 4.79 Å². The minimum Gasteiger partial charge on any atom is -0.457 e. The molecule has 0 aromatic carbocycles. The minimum absolute atomic E-state index is 0.369. The van der Waals surface area contributed by atoms with Gasteiger partial charge in [0.05, 0.1) is 7.11 Å². The molecule has 0 aromatic heterocycles. The van der Waals surface area contributed by atoms with Gasteiger partial charge < -0.3 is 14.2 Å². The van der Waals surface area contributed by atoms with Crippen LogP contribution in [-0.2, 0) is 19.0 Å². The van der Waals surface area contributed by atoms with Crippen molar-refractivity contribution in [2.24, 2.45) is 0 Å². The average molecular weight is 284 g/mol. The van der Waals surface area contributed by atoms with Crippen LogP contribution in [0, 0.1) is 0 Å². The number of ether oxygens (including phenoxy) is 3. The topological polar surface area (TPSA) is 61.8 Å². The molecule has 0 aromatic rings. The molecule has 0 saturated carbocycles. The van der Waals surface area contributed by atoms with Crippen molar-refractivity contribution in [1.29, 1.82) is 0 Å². The molecule has 0 aliphatic heterocycles. The SMILES string of the molecule is COC(=O)OC(C)/C=C(C)/C=C(\C)C(=O)OC(C)(C)C. The van der Waals surface area contributed by atoms with Crippen molar-refractivity contribution in [3.63, 3.8) is 0 Å². The molecule has 114 valence electrons. The highest BCUT2D eigenvalue weighted by molar-refractivity contribution is 5.88. The zero-order chi connectivity index (χ0) is 15.9. The second-order valence-corrected chi connectivity index (χ2v) is 5.52. The van der Waals surface area contributed by atoms with Gasteiger partial charge in [0.15, 0.2) is 0 Å². The van der Waals surface area contributed by atoms with Crippen LogP contribution in [0.5, 0.6) is 0 Å². The summed E-state index contributed by atoms with van der Waals surface area (Å²) < 4.78 is 14.6. The molecule has 0 rings (SSSR count). The fourth-order valence-corrected chi connectivity index (χ4v) is 1.41. The normalized spacial score (nSPS) is 14.6. The smallest absolute Gasteiger partial charge is 0.457 e. The van der Waals surface area contributed by atoms with Crippen LogP contribution in [0.3, 0.4) is 0 Å². The lowest BCUT2D eigenvalue weighted by Gasteiger charge is -2.19. The lowest BCUT2D eigenvalue weighted by Crippen LogP contribution is -2.24. The van der Waals surface area contributed by atoms with Crippen molar-refractivity contribution in [1.82, 2.24) is 0 Å². The number of carbonyl (C=O) groups excluding carboxylic acids is 2. The molecule has 0 amide bonds. The van der Waals surface area contributed by atoms with Gasteiger partial charge in [-0.15, -0.1) is 0 Å². The maximum Gasteiger partial charge on any atom is 0.508 e. The number of hydrogen-bond donors (Lipinski definition) is 0. The van der Waals surface area contributed by atoms with Crippen LogP contribution >= 0.6 is 0 Å². The van der Waals surface area contributed by atoms with E-state index in [9.17, 15) is 9.59 Å². The van der Waals surface area contributed by atoms with Crippen molar-refractivity contribution in [2.75, 3.05) is 7.11 Å². The molecular formula is C15H24O5. The van der Waals surface area contributed by atoms with Crippen molar-refractivity contribution in [2.45, 2.75) is 53.2 Å². The number of carbonyl (C=O) groups is 2. The van der Waals surface area contributed by atoms with E-state index in [4.69, 9.17) is 9.47 Å². The van der Waals surface area contributed by atoms with E-state index in [1.807, 2.05) is 27.7 Å². The van der Waals surface area contributed by atoms with Gasteiger partial charge in [-0.05, 0) is 53.7 Å². The maximum atomic E-state index is 11.8. The van der Waals surface area contributed by atoms with Gasteiger partial charge in [0, 0.05) is 5.57 Å². The molecule has 0 heterocycles. The first-order valence-electron chi connectivity index (χ1n) is 6.40. The average Bonchev–Trinajstić information content (AvgIpc) is 2.25. The fraction of sp³-hybridized carbons (Fsp3) is 0.600. The van der Waals surface area contributed by atoms with Crippen LogP contribution in [0.25, 0.3) is 0 Å². The van der Waals surface area contributed by atoms with Crippen molar-refractivity contribution >= 4 is 12.1 Å². The summed E-state index contributed by atoms with van der Waals surface area (Å²) in [5.41, 5.74) is 0.758. The largest absolute Gasteiger partial charge is 0.508 e.